The van der Waals surface area contributed by atoms with Crippen molar-refractivity contribution in [2.45, 2.75) is 33.4 Å². The number of esters is 1. The number of rotatable bonds is 8. The van der Waals surface area contributed by atoms with Gasteiger partial charge in [-0.25, -0.2) is 9.79 Å². The zero-order chi connectivity index (χ0) is 30.8. The number of nitro benzene ring substituents is 1. The molecule has 9 nitrogen and oxygen atoms in total. The van der Waals surface area contributed by atoms with Gasteiger partial charge in [-0.1, -0.05) is 71.0 Å². The summed E-state index contributed by atoms with van der Waals surface area (Å²) in [6.45, 7) is 5.58. The fourth-order valence-electron chi connectivity index (χ4n) is 4.73. The second-order valence-electron chi connectivity index (χ2n) is 9.70. The average Bonchev–Trinajstić information content (AvgIpc) is 3.26. The zero-order valence-corrected chi connectivity index (χ0v) is 26.5. The fraction of sp³-hybridized carbons (Fsp3) is 0.194. The van der Waals surface area contributed by atoms with Crippen LogP contribution in [-0.4, -0.2) is 22.1 Å². The van der Waals surface area contributed by atoms with Crippen LogP contribution >= 0.6 is 38.9 Å². The summed E-state index contributed by atoms with van der Waals surface area (Å²) in [5, 5.41) is 12.5. The van der Waals surface area contributed by atoms with Crippen molar-refractivity contribution in [3.05, 3.63) is 133 Å². The number of aryl methyl sites for hydroxylation is 1. The summed E-state index contributed by atoms with van der Waals surface area (Å²) in [7, 11) is 0. The molecule has 0 aliphatic carbocycles. The highest BCUT2D eigenvalue weighted by atomic mass is 79.9. The van der Waals surface area contributed by atoms with Crippen LogP contribution in [0.15, 0.2) is 86.2 Å². The predicted molar refractivity (Wildman–Crippen MR) is 168 cm³/mol. The highest BCUT2D eigenvalue weighted by Crippen LogP contribution is 2.37. The Morgan fingerprint density at radius 3 is 2.58 bits per heavy atom. The van der Waals surface area contributed by atoms with Gasteiger partial charge in [-0.15, -0.1) is 0 Å². The number of aromatic nitrogens is 1. The first-order valence-corrected chi connectivity index (χ1v) is 15.2. The lowest BCUT2D eigenvalue weighted by atomic mass is 9.95. The summed E-state index contributed by atoms with van der Waals surface area (Å²) in [4.78, 5) is 43.4. The van der Waals surface area contributed by atoms with Crippen molar-refractivity contribution in [1.29, 1.82) is 0 Å². The summed E-state index contributed by atoms with van der Waals surface area (Å²) < 4.78 is 13.3. The minimum Gasteiger partial charge on any atom is -0.481 e. The Morgan fingerprint density at radius 2 is 1.91 bits per heavy atom. The number of benzene rings is 3. The second-order valence-corrected chi connectivity index (χ2v) is 12.0. The lowest BCUT2D eigenvalue weighted by Gasteiger charge is -2.24. The first-order chi connectivity index (χ1) is 20.6. The molecule has 4 aromatic rings. The third-order valence-corrected chi connectivity index (χ3v) is 8.72. The Kier molecular flexibility index (Phi) is 8.95. The molecule has 5 rings (SSSR count). The molecular weight excluding hydrogens is 658 g/mol. The summed E-state index contributed by atoms with van der Waals surface area (Å²) in [5.74, 6) is -0.506. The number of carbonyl (C=O) groups is 1. The topological polar surface area (TPSA) is 113 Å². The molecule has 0 radical (unpaired) electrons. The van der Waals surface area contributed by atoms with E-state index in [0.717, 1.165) is 22.5 Å². The van der Waals surface area contributed by atoms with Crippen molar-refractivity contribution in [2.24, 2.45) is 4.99 Å². The van der Waals surface area contributed by atoms with Gasteiger partial charge in [-0.3, -0.25) is 19.5 Å². The summed E-state index contributed by atoms with van der Waals surface area (Å²) in [6, 6.07) is 16.9. The minimum absolute atomic E-state index is 0.0260. The van der Waals surface area contributed by atoms with Crippen LogP contribution in [0, 0.1) is 17.0 Å². The third-order valence-electron chi connectivity index (χ3n) is 6.78. The lowest BCUT2D eigenvalue weighted by Crippen LogP contribution is -2.39. The van der Waals surface area contributed by atoms with Crippen LogP contribution in [0.3, 0.4) is 0 Å². The van der Waals surface area contributed by atoms with Crippen LogP contribution in [0.5, 0.6) is 5.75 Å². The molecule has 220 valence electrons. The maximum Gasteiger partial charge on any atom is 0.338 e. The number of halogens is 2. The predicted octanol–water partition coefficient (Wildman–Crippen LogP) is 6.01. The molecule has 0 unspecified atom stereocenters. The van der Waals surface area contributed by atoms with E-state index < -0.39 is 16.9 Å². The van der Waals surface area contributed by atoms with Crippen LogP contribution < -0.4 is 19.6 Å². The molecule has 0 saturated carbocycles. The number of hydrogen-bond acceptors (Lipinski definition) is 8. The van der Waals surface area contributed by atoms with E-state index in [4.69, 9.17) is 21.1 Å². The summed E-state index contributed by atoms with van der Waals surface area (Å²) in [6.07, 6.45) is 1.56. The molecule has 1 aliphatic rings. The number of allylic oxidation sites excluding steroid dienone is 1. The van der Waals surface area contributed by atoms with Gasteiger partial charge >= 0.3 is 11.7 Å². The van der Waals surface area contributed by atoms with Gasteiger partial charge in [-0.2, -0.15) is 0 Å². The zero-order valence-electron chi connectivity index (χ0n) is 23.3. The molecule has 0 saturated heterocycles. The van der Waals surface area contributed by atoms with Gasteiger partial charge in [-0.05, 0) is 66.0 Å². The van der Waals surface area contributed by atoms with E-state index in [1.807, 2.05) is 31.2 Å². The van der Waals surface area contributed by atoms with Crippen LogP contribution in [0.1, 0.15) is 42.1 Å². The highest BCUT2D eigenvalue weighted by molar-refractivity contribution is 9.10. The van der Waals surface area contributed by atoms with E-state index in [0.29, 0.717) is 35.7 Å². The number of fused-ring (bicyclic) bond motifs is 1. The summed E-state index contributed by atoms with van der Waals surface area (Å²) >= 11 is 10.8. The van der Waals surface area contributed by atoms with Crippen molar-refractivity contribution < 1.29 is 19.2 Å². The van der Waals surface area contributed by atoms with Crippen molar-refractivity contribution >= 4 is 56.6 Å². The van der Waals surface area contributed by atoms with Crippen LogP contribution in [0.4, 0.5) is 5.69 Å². The smallest absolute Gasteiger partial charge is 0.338 e. The van der Waals surface area contributed by atoms with Crippen molar-refractivity contribution in [3.63, 3.8) is 0 Å². The standard InChI is InChI=1S/C31H25BrClN3O6S/c1-4-41-30(38)26-18(3)34-31-35(27(26)20-11-9-17(2)10-12-20)29(37)25(43-31)15-19-13-22(32)28(24(14-19)36(39)40)42-16-21-7-5-6-8-23(21)33/h5-15,27H,4,16H2,1-3H3/b25-15-/t27-/m0/s1. The fourth-order valence-corrected chi connectivity index (χ4v) is 6.55. The highest BCUT2D eigenvalue weighted by Gasteiger charge is 2.33. The van der Waals surface area contributed by atoms with E-state index >= 15 is 0 Å². The van der Waals surface area contributed by atoms with E-state index in [1.54, 1.807) is 50.3 Å². The quantitative estimate of drug-likeness (QED) is 0.128. The summed E-state index contributed by atoms with van der Waals surface area (Å²) in [5.41, 5.74) is 2.91. The number of nitrogens with zero attached hydrogens (tertiary/aromatic N) is 3. The van der Waals surface area contributed by atoms with Gasteiger partial charge in [0.25, 0.3) is 5.56 Å². The first kappa shape index (κ1) is 30.4. The van der Waals surface area contributed by atoms with E-state index in [1.165, 1.54) is 10.6 Å². The van der Waals surface area contributed by atoms with Crippen LogP contribution in [0.2, 0.25) is 5.02 Å². The van der Waals surface area contributed by atoms with E-state index in [-0.39, 0.29) is 35.8 Å². The number of ether oxygens (including phenoxy) is 2. The van der Waals surface area contributed by atoms with Gasteiger partial charge < -0.3 is 9.47 Å². The Labute approximate surface area is 263 Å². The number of carbonyl (C=O) groups excluding carboxylic acids is 1. The van der Waals surface area contributed by atoms with Crippen LogP contribution in [-0.2, 0) is 16.1 Å². The molecule has 12 heteroatoms. The maximum absolute atomic E-state index is 13.9. The SMILES string of the molecule is CCOC(=O)C1=C(C)N=c2s/c(=C\c3cc(Br)c(OCc4ccccc4Cl)c([N+](=O)[O-])c3)c(=O)n2[C@H]1c1ccc(C)cc1. The van der Waals surface area contributed by atoms with Gasteiger partial charge in [0.1, 0.15) is 6.61 Å². The molecule has 0 amide bonds. The Morgan fingerprint density at radius 1 is 1.19 bits per heavy atom. The molecule has 3 aromatic carbocycles. The molecule has 1 aromatic heterocycles. The third kappa shape index (κ3) is 6.20. The maximum atomic E-state index is 13.9. The van der Waals surface area contributed by atoms with Gasteiger partial charge in [0.15, 0.2) is 4.80 Å². The van der Waals surface area contributed by atoms with Crippen molar-refractivity contribution in [2.75, 3.05) is 6.61 Å². The van der Waals surface area contributed by atoms with Crippen molar-refractivity contribution in [1.82, 2.24) is 4.57 Å². The largest absolute Gasteiger partial charge is 0.481 e. The molecule has 2 heterocycles. The van der Waals surface area contributed by atoms with Gasteiger partial charge in [0.05, 0.1) is 37.8 Å². The van der Waals surface area contributed by atoms with E-state index in [9.17, 15) is 19.7 Å². The second kappa shape index (κ2) is 12.7. The number of nitro groups is 1. The molecule has 0 bridgehead atoms. The van der Waals surface area contributed by atoms with E-state index in [2.05, 4.69) is 20.9 Å². The molecule has 0 fully saturated rings. The minimum atomic E-state index is -0.750. The van der Waals surface area contributed by atoms with Crippen LogP contribution in [0.25, 0.3) is 6.08 Å². The van der Waals surface area contributed by atoms with Gasteiger partial charge in [0.2, 0.25) is 5.75 Å². The molecule has 0 spiro atoms. The Hall–Kier alpha value is -4.06. The molecular formula is C31H25BrClN3O6S. The first-order valence-electron chi connectivity index (χ1n) is 13.2. The van der Waals surface area contributed by atoms with Crippen molar-refractivity contribution in [3.8, 4) is 5.75 Å². The Bertz CT molecular complexity index is 1970. The molecule has 1 aliphatic heterocycles. The monoisotopic (exact) mass is 681 g/mol. The Balaban J connectivity index is 1.60. The van der Waals surface area contributed by atoms with Gasteiger partial charge in [0, 0.05) is 16.7 Å². The number of thiazole rings is 1. The number of hydrogen-bond donors (Lipinski definition) is 0. The normalized spacial score (nSPS) is 14.7. The lowest BCUT2D eigenvalue weighted by molar-refractivity contribution is -0.386. The molecule has 1 atom stereocenters. The molecule has 0 N–H and O–H groups in total. The molecule has 43 heavy (non-hydrogen) atoms. The average molecular weight is 683 g/mol.